The molecule has 1 saturated carbocycles. The maximum Gasteiger partial charge on any atom is 0.146 e. The van der Waals surface area contributed by atoms with E-state index in [1.165, 1.54) is 38.2 Å². The minimum Gasteiger partial charge on any atom is -0.497 e. The molecule has 2 aliphatic rings. The van der Waals surface area contributed by atoms with E-state index in [1.807, 2.05) is 6.07 Å². The van der Waals surface area contributed by atoms with Gasteiger partial charge in [0.1, 0.15) is 11.6 Å². The summed E-state index contributed by atoms with van der Waals surface area (Å²) < 4.78 is 19.4. The molecule has 1 saturated heterocycles. The van der Waals surface area contributed by atoms with E-state index in [-0.39, 0.29) is 5.82 Å². The summed E-state index contributed by atoms with van der Waals surface area (Å²) in [5.74, 6) is 1.31. The Morgan fingerprint density at radius 3 is 2.81 bits per heavy atom. The van der Waals surface area contributed by atoms with Gasteiger partial charge in [0.25, 0.3) is 0 Å². The molecule has 3 nitrogen and oxygen atoms in total. The number of hydrogen-bond donors (Lipinski definition) is 1. The summed E-state index contributed by atoms with van der Waals surface area (Å²) >= 11 is 0. The molecule has 4 heteroatoms. The SMILES string of the molecule is COc1ccc(F)c(N2CCNC(C3CCCCC3)C2)c1. The van der Waals surface area contributed by atoms with Gasteiger partial charge >= 0.3 is 0 Å². The molecule has 3 rings (SSSR count). The monoisotopic (exact) mass is 292 g/mol. The summed E-state index contributed by atoms with van der Waals surface area (Å²) in [6, 6.07) is 5.49. The van der Waals surface area contributed by atoms with Gasteiger partial charge in [0.2, 0.25) is 0 Å². The second kappa shape index (κ2) is 6.65. The van der Waals surface area contributed by atoms with Crippen LogP contribution in [0.4, 0.5) is 10.1 Å². The van der Waals surface area contributed by atoms with Crippen LogP contribution in [0.2, 0.25) is 0 Å². The van der Waals surface area contributed by atoms with E-state index in [9.17, 15) is 4.39 Å². The summed E-state index contributed by atoms with van der Waals surface area (Å²) in [5.41, 5.74) is 0.677. The van der Waals surface area contributed by atoms with Crippen molar-refractivity contribution in [3.8, 4) is 5.75 Å². The largest absolute Gasteiger partial charge is 0.497 e. The lowest BCUT2D eigenvalue weighted by molar-refractivity contribution is 0.256. The molecular weight excluding hydrogens is 267 g/mol. The van der Waals surface area contributed by atoms with Gasteiger partial charge in [-0.05, 0) is 30.9 Å². The smallest absolute Gasteiger partial charge is 0.146 e. The van der Waals surface area contributed by atoms with Crippen molar-refractivity contribution in [3.05, 3.63) is 24.0 Å². The third kappa shape index (κ3) is 3.31. The minimum absolute atomic E-state index is 0.153. The Hall–Kier alpha value is -1.29. The van der Waals surface area contributed by atoms with E-state index < -0.39 is 0 Å². The number of hydrogen-bond acceptors (Lipinski definition) is 3. The van der Waals surface area contributed by atoms with Crippen molar-refractivity contribution in [1.82, 2.24) is 5.32 Å². The molecule has 1 heterocycles. The van der Waals surface area contributed by atoms with Crippen LogP contribution in [0.25, 0.3) is 0 Å². The number of halogens is 1. The summed E-state index contributed by atoms with van der Waals surface area (Å²) in [4.78, 5) is 2.17. The molecule has 1 aliphatic heterocycles. The number of ether oxygens (including phenoxy) is 1. The Bertz CT molecular complexity index is 474. The van der Waals surface area contributed by atoms with E-state index in [2.05, 4.69) is 10.2 Å². The highest BCUT2D eigenvalue weighted by molar-refractivity contribution is 5.52. The van der Waals surface area contributed by atoms with E-state index in [1.54, 1.807) is 13.2 Å². The second-order valence-corrected chi connectivity index (χ2v) is 6.22. The lowest BCUT2D eigenvalue weighted by Gasteiger charge is -2.40. The Labute approximate surface area is 126 Å². The van der Waals surface area contributed by atoms with Crippen molar-refractivity contribution in [2.45, 2.75) is 38.1 Å². The Balaban J connectivity index is 1.73. The van der Waals surface area contributed by atoms with Crippen molar-refractivity contribution in [2.75, 3.05) is 31.6 Å². The number of anilines is 1. The molecule has 1 N–H and O–H groups in total. The Morgan fingerprint density at radius 2 is 2.05 bits per heavy atom. The molecule has 0 aromatic heterocycles. The first kappa shape index (κ1) is 14.6. The lowest BCUT2D eigenvalue weighted by Crippen LogP contribution is -2.54. The molecule has 1 aromatic carbocycles. The number of benzene rings is 1. The molecule has 0 spiro atoms. The van der Waals surface area contributed by atoms with E-state index >= 15 is 0 Å². The zero-order chi connectivity index (χ0) is 14.7. The molecule has 0 radical (unpaired) electrons. The number of rotatable bonds is 3. The van der Waals surface area contributed by atoms with Crippen LogP contribution in [0.5, 0.6) is 5.75 Å². The molecule has 1 aliphatic carbocycles. The number of piperazine rings is 1. The van der Waals surface area contributed by atoms with Gasteiger partial charge in [-0.2, -0.15) is 0 Å². The van der Waals surface area contributed by atoms with Gasteiger partial charge in [-0.15, -0.1) is 0 Å². The van der Waals surface area contributed by atoms with E-state index in [0.29, 0.717) is 11.7 Å². The van der Waals surface area contributed by atoms with Crippen LogP contribution in [-0.4, -0.2) is 32.8 Å². The molecule has 2 fully saturated rings. The van der Waals surface area contributed by atoms with Crippen LogP contribution < -0.4 is 15.0 Å². The summed E-state index contributed by atoms with van der Waals surface area (Å²) in [6.45, 7) is 2.68. The fraction of sp³-hybridized carbons (Fsp3) is 0.647. The van der Waals surface area contributed by atoms with Crippen molar-refractivity contribution in [3.63, 3.8) is 0 Å². The summed E-state index contributed by atoms with van der Waals surface area (Å²) in [7, 11) is 1.62. The lowest BCUT2D eigenvalue weighted by atomic mass is 9.83. The predicted octanol–water partition coefficient (Wildman–Crippen LogP) is 3.19. The molecule has 1 aromatic rings. The molecule has 116 valence electrons. The number of methoxy groups -OCH3 is 1. The fourth-order valence-corrected chi connectivity index (χ4v) is 3.71. The third-order valence-electron chi connectivity index (χ3n) is 4.92. The number of nitrogens with one attached hydrogen (secondary N) is 1. The van der Waals surface area contributed by atoms with Crippen molar-refractivity contribution >= 4 is 5.69 Å². The first-order chi connectivity index (χ1) is 10.3. The van der Waals surface area contributed by atoms with Gasteiger partial charge in [0.05, 0.1) is 12.8 Å². The van der Waals surface area contributed by atoms with E-state index in [4.69, 9.17) is 4.74 Å². The average molecular weight is 292 g/mol. The highest BCUT2D eigenvalue weighted by Crippen LogP contribution is 2.30. The Morgan fingerprint density at radius 1 is 1.24 bits per heavy atom. The van der Waals surface area contributed by atoms with Gasteiger partial charge in [-0.1, -0.05) is 19.3 Å². The summed E-state index contributed by atoms with van der Waals surface area (Å²) in [5, 5.41) is 3.64. The molecule has 0 amide bonds. The van der Waals surface area contributed by atoms with Gasteiger partial charge in [0, 0.05) is 31.7 Å². The predicted molar refractivity (Wildman–Crippen MR) is 83.5 cm³/mol. The first-order valence-electron chi connectivity index (χ1n) is 8.10. The highest BCUT2D eigenvalue weighted by atomic mass is 19.1. The molecule has 0 bridgehead atoms. The standard InChI is InChI=1S/C17H25FN2O/c1-21-14-7-8-15(18)17(11-14)20-10-9-19-16(12-20)13-5-3-2-4-6-13/h7-8,11,13,16,19H,2-6,9-10,12H2,1H3. The maximum atomic E-state index is 14.1. The van der Waals surface area contributed by atoms with Crippen LogP contribution in [0.15, 0.2) is 18.2 Å². The molecular formula is C17H25FN2O. The second-order valence-electron chi connectivity index (χ2n) is 6.22. The number of nitrogens with zero attached hydrogens (tertiary/aromatic N) is 1. The fourth-order valence-electron chi connectivity index (χ4n) is 3.71. The van der Waals surface area contributed by atoms with Crippen LogP contribution in [0.3, 0.4) is 0 Å². The molecule has 21 heavy (non-hydrogen) atoms. The topological polar surface area (TPSA) is 24.5 Å². The van der Waals surface area contributed by atoms with Crippen LogP contribution in [0, 0.1) is 11.7 Å². The average Bonchev–Trinajstić information content (AvgIpc) is 2.56. The van der Waals surface area contributed by atoms with Crippen LogP contribution in [-0.2, 0) is 0 Å². The van der Waals surface area contributed by atoms with Crippen LogP contribution >= 0.6 is 0 Å². The quantitative estimate of drug-likeness (QED) is 0.926. The maximum absolute atomic E-state index is 14.1. The molecule has 1 atom stereocenters. The first-order valence-corrected chi connectivity index (χ1v) is 8.10. The van der Waals surface area contributed by atoms with Crippen molar-refractivity contribution < 1.29 is 9.13 Å². The Kier molecular flexibility index (Phi) is 4.63. The third-order valence-corrected chi connectivity index (χ3v) is 4.92. The van der Waals surface area contributed by atoms with E-state index in [0.717, 1.165) is 31.3 Å². The zero-order valence-corrected chi connectivity index (χ0v) is 12.8. The zero-order valence-electron chi connectivity index (χ0n) is 12.8. The minimum atomic E-state index is -0.153. The van der Waals surface area contributed by atoms with Crippen molar-refractivity contribution in [1.29, 1.82) is 0 Å². The van der Waals surface area contributed by atoms with Gasteiger partial charge < -0.3 is 15.0 Å². The van der Waals surface area contributed by atoms with Gasteiger partial charge in [-0.25, -0.2) is 4.39 Å². The van der Waals surface area contributed by atoms with Crippen LogP contribution in [0.1, 0.15) is 32.1 Å². The van der Waals surface area contributed by atoms with Gasteiger partial charge in [0.15, 0.2) is 0 Å². The van der Waals surface area contributed by atoms with Gasteiger partial charge in [-0.3, -0.25) is 0 Å². The van der Waals surface area contributed by atoms with Crippen molar-refractivity contribution in [2.24, 2.45) is 5.92 Å². The normalized spacial score (nSPS) is 24.1. The summed E-state index contributed by atoms with van der Waals surface area (Å²) in [6.07, 6.45) is 6.68. The molecule has 1 unspecified atom stereocenters. The highest BCUT2D eigenvalue weighted by Gasteiger charge is 2.29.